The summed E-state index contributed by atoms with van der Waals surface area (Å²) in [6.45, 7) is 4.66. The molecule has 1 aliphatic carbocycles. The van der Waals surface area contributed by atoms with Crippen molar-refractivity contribution in [2.45, 2.75) is 51.0 Å². The fourth-order valence-corrected chi connectivity index (χ4v) is 3.69. The molecule has 0 radical (unpaired) electrons. The van der Waals surface area contributed by atoms with Gasteiger partial charge in [0.1, 0.15) is 11.5 Å². The molecule has 1 N–H and O–H groups in total. The van der Waals surface area contributed by atoms with Gasteiger partial charge in [-0.3, -0.25) is 4.79 Å². The summed E-state index contributed by atoms with van der Waals surface area (Å²) < 4.78 is 11.2. The fraction of sp³-hybridized carbons (Fsp3) is 0.435. The lowest BCUT2D eigenvalue weighted by molar-refractivity contribution is -0.129. The van der Waals surface area contributed by atoms with Crippen LogP contribution in [0, 0.1) is 0 Å². The van der Waals surface area contributed by atoms with Gasteiger partial charge in [0.2, 0.25) is 5.91 Å². The Morgan fingerprint density at radius 2 is 1.81 bits per heavy atom. The zero-order valence-electron chi connectivity index (χ0n) is 16.5. The molecule has 2 aromatic rings. The number of ether oxygens (including phenoxy) is 2. The molecule has 3 rings (SSSR count). The smallest absolute Gasteiger partial charge is 0.230 e. The van der Waals surface area contributed by atoms with E-state index in [9.17, 15) is 4.79 Å². The monoisotopic (exact) mass is 367 g/mol. The first-order chi connectivity index (χ1) is 13.0. The van der Waals surface area contributed by atoms with Crippen LogP contribution in [0.5, 0.6) is 11.5 Å². The van der Waals surface area contributed by atoms with E-state index in [0.29, 0.717) is 6.54 Å². The zero-order chi connectivity index (χ0) is 19.3. The van der Waals surface area contributed by atoms with Crippen molar-refractivity contribution in [1.82, 2.24) is 5.32 Å². The minimum absolute atomic E-state index is 0.109. The topological polar surface area (TPSA) is 47.6 Å². The SMILES string of the molecule is COc1ccccc1C1(C(=O)NCCc2ccc(OC(C)C)cc2)CCC1. The van der Waals surface area contributed by atoms with Gasteiger partial charge >= 0.3 is 0 Å². The molecule has 144 valence electrons. The van der Waals surface area contributed by atoms with Gasteiger partial charge in [-0.05, 0) is 56.9 Å². The van der Waals surface area contributed by atoms with Gasteiger partial charge in [0.05, 0.1) is 18.6 Å². The minimum atomic E-state index is -0.443. The van der Waals surface area contributed by atoms with E-state index in [0.717, 1.165) is 42.7 Å². The lowest BCUT2D eigenvalue weighted by atomic mass is 9.63. The van der Waals surface area contributed by atoms with Gasteiger partial charge in [0.15, 0.2) is 0 Å². The van der Waals surface area contributed by atoms with Crippen molar-refractivity contribution in [1.29, 1.82) is 0 Å². The van der Waals surface area contributed by atoms with Gasteiger partial charge in [-0.25, -0.2) is 0 Å². The molecular weight excluding hydrogens is 338 g/mol. The largest absolute Gasteiger partial charge is 0.496 e. The Labute approximate surface area is 161 Å². The summed E-state index contributed by atoms with van der Waals surface area (Å²) in [7, 11) is 1.66. The predicted octanol–water partition coefficient (Wildman–Crippen LogP) is 4.26. The first kappa shape index (κ1) is 19.3. The molecule has 0 unspecified atom stereocenters. The summed E-state index contributed by atoms with van der Waals surface area (Å²) in [6.07, 6.45) is 3.79. The number of carbonyl (C=O) groups is 1. The molecule has 0 saturated heterocycles. The summed E-state index contributed by atoms with van der Waals surface area (Å²) >= 11 is 0. The zero-order valence-corrected chi connectivity index (χ0v) is 16.5. The number of methoxy groups -OCH3 is 1. The van der Waals surface area contributed by atoms with E-state index in [1.54, 1.807) is 7.11 Å². The Kier molecular flexibility index (Phi) is 6.04. The van der Waals surface area contributed by atoms with Crippen LogP contribution in [0.2, 0.25) is 0 Å². The fourth-order valence-electron chi connectivity index (χ4n) is 3.69. The number of nitrogens with one attached hydrogen (secondary N) is 1. The van der Waals surface area contributed by atoms with Crippen molar-refractivity contribution in [3.8, 4) is 11.5 Å². The quantitative estimate of drug-likeness (QED) is 0.758. The van der Waals surface area contributed by atoms with Gasteiger partial charge in [-0.15, -0.1) is 0 Å². The molecule has 27 heavy (non-hydrogen) atoms. The summed E-state index contributed by atoms with van der Waals surface area (Å²) in [5.41, 5.74) is 1.75. The van der Waals surface area contributed by atoms with Gasteiger partial charge in [0, 0.05) is 12.1 Å². The molecule has 0 heterocycles. The molecule has 1 amide bonds. The van der Waals surface area contributed by atoms with E-state index in [-0.39, 0.29) is 12.0 Å². The third kappa shape index (κ3) is 4.26. The lowest BCUT2D eigenvalue weighted by Gasteiger charge is -2.41. The Hall–Kier alpha value is -2.49. The van der Waals surface area contributed by atoms with E-state index in [4.69, 9.17) is 9.47 Å². The number of carbonyl (C=O) groups excluding carboxylic acids is 1. The molecule has 1 fully saturated rings. The van der Waals surface area contributed by atoms with Gasteiger partial charge in [-0.1, -0.05) is 36.8 Å². The molecule has 0 aliphatic heterocycles. The first-order valence-corrected chi connectivity index (χ1v) is 9.72. The molecule has 0 bridgehead atoms. The average molecular weight is 367 g/mol. The van der Waals surface area contributed by atoms with E-state index >= 15 is 0 Å². The Morgan fingerprint density at radius 1 is 1.11 bits per heavy atom. The van der Waals surface area contributed by atoms with Crippen molar-refractivity contribution in [2.75, 3.05) is 13.7 Å². The van der Waals surface area contributed by atoms with Crippen LogP contribution in [0.1, 0.15) is 44.2 Å². The minimum Gasteiger partial charge on any atom is -0.496 e. The molecule has 4 nitrogen and oxygen atoms in total. The highest BCUT2D eigenvalue weighted by Crippen LogP contribution is 2.47. The van der Waals surface area contributed by atoms with Crippen LogP contribution >= 0.6 is 0 Å². The number of hydrogen-bond donors (Lipinski definition) is 1. The Bertz CT molecular complexity index is 763. The van der Waals surface area contributed by atoms with Crippen LogP contribution in [0.4, 0.5) is 0 Å². The van der Waals surface area contributed by atoms with Crippen LogP contribution in [0.3, 0.4) is 0 Å². The average Bonchev–Trinajstić information content (AvgIpc) is 2.62. The molecule has 1 saturated carbocycles. The molecule has 2 aromatic carbocycles. The van der Waals surface area contributed by atoms with Crippen molar-refractivity contribution in [2.24, 2.45) is 0 Å². The summed E-state index contributed by atoms with van der Waals surface area (Å²) in [5, 5.41) is 3.14. The number of hydrogen-bond acceptors (Lipinski definition) is 3. The number of para-hydroxylation sites is 1. The van der Waals surface area contributed by atoms with Crippen LogP contribution in [0.25, 0.3) is 0 Å². The maximum atomic E-state index is 13.0. The molecule has 1 aliphatic rings. The predicted molar refractivity (Wildman–Crippen MR) is 107 cm³/mol. The number of rotatable bonds is 8. The van der Waals surface area contributed by atoms with Crippen LogP contribution < -0.4 is 14.8 Å². The third-order valence-corrected chi connectivity index (χ3v) is 5.26. The van der Waals surface area contributed by atoms with E-state index in [2.05, 4.69) is 17.4 Å². The Morgan fingerprint density at radius 3 is 2.41 bits per heavy atom. The van der Waals surface area contributed by atoms with Crippen LogP contribution in [-0.4, -0.2) is 25.7 Å². The number of benzene rings is 2. The van der Waals surface area contributed by atoms with Crippen molar-refractivity contribution in [3.63, 3.8) is 0 Å². The second-order valence-electron chi connectivity index (χ2n) is 7.45. The molecule has 4 heteroatoms. The summed E-state index contributed by atoms with van der Waals surface area (Å²) in [4.78, 5) is 13.0. The normalized spacial score (nSPS) is 15.1. The number of amides is 1. The van der Waals surface area contributed by atoms with Gasteiger partial charge < -0.3 is 14.8 Å². The Balaban J connectivity index is 1.60. The summed E-state index contributed by atoms with van der Waals surface area (Å²) in [5.74, 6) is 1.79. The summed E-state index contributed by atoms with van der Waals surface area (Å²) in [6, 6.07) is 16.0. The van der Waals surface area contributed by atoms with E-state index in [1.807, 2.05) is 50.2 Å². The third-order valence-electron chi connectivity index (χ3n) is 5.26. The second-order valence-corrected chi connectivity index (χ2v) is 7.45. The second kappa shape index (κ2) is 8.47. The standard InChI is InChI=1S/C23H29NO3/c1-17(2)27-19-11-9-18(10-12-19)13-16-24-22(25)23(14-6-15-23)20-7-4-5-8-21(20)26-3/h4-5,7-12,17H,6,13-16H2,1-3H3,(H,24,25). The first-order valence-electron chi connectivity index (χ1n) is 9.72. The van der Waals surface area contributed by atoms with Crippen molar-refractivity contribution >= 4 is 5.91 Å². The van der Waals surface area contributed by atoms with Crippen molar-refractivity contribution < 1.29 is 14.3 Å². The molecule has 0 atom stereocenters. The molecule has 0 spiro atoms. The molecular formula is C23H29NO3. The van der Waals surface area contributed by atoms with Gasteiger partial charge in [0.25, 0.3) is 0 Å². The highest BCUT2D eigenvalue weighted by Gasteiger charge is 2.47. The van der Waals surface area contributed by atoms with Gasteiger partial charge in [-0.2, -0.15) is 0 Å². The maximum Gasteiger partial charge on any atom is 0.230 e. The highest BCUT2D eigenvalue weighted by atomic mass is 16.5. The molecule has 0 aromatic heterocycles. The van der Waals surface area contributed by atoms with Crippen molar-refractivity contribution in [3.05, 3.63) is 59.7 Å². The maximum absolute atomic E-state index is 13.0. The highest BCUT2D eigenvalue weighted by molar-refractivity contribution is 5.90. The van der Waals surface area contributed by atoms with E-state index < -0.39 is 5.41 Å². The van der Waals surface area contributed by atoms with E-state index in [1.165, 1.54) is 5.56 Å². The van der Waals surface area contributed by atoms with Crippen LogP contribution in [0.15, 0.2) is 48.5 Å². The van der Waals surface area contributed by atoms with Crippen LogP contribution in [-0.2, 0) is 16.6 Å². The lowest BCUT2D eigenvalue weighted by Crippen LogP contribution is -2.49.